The molecule has 0 aromatic rings. The average Bonchev–Trinajstić information content (AvgIpc) is 2.06. The summed E-state index contributed by atoms with van der Waals surface area (Å²) < 4.78 is 0. The van der Waals surface area contributed by atoms with Gasteiger partial charge in [0.15, 0.2) is 0 Å². The summed E-state index contributed by atoms with van der Waals surface area (Å²) in [6.45, 7) is 4.69. The summed E-state index contributed by atoms with van der Waals surface area (Å²) in [7, 11) is 0. The largest absolute Gasteiger partial charge is 0.162 e. The van der Waals surface area contributed by atoms with E-state index < -0.39 is 0 Å². The van der Waals surface area contributed by atoms with Crippen LogP contribution in [0.5, 0.6) is 0 Å². The Labute approximate surface area is 68.8 Å². The summed E-state index contributed by atoms with van der Waals surface area (Å²) in [5.41, 5.74) is 0.741. The molecule has 1 aliphatic rings. The maximum absolute atomic E-state index is 2.35. The minimum atomic E-state index is 0.741. The zero-order chi connectivity index (χ0) is 7.45. The van der Waals surface area contributed by atoms with Crippen molar-refractivity contribution in [2.45, 2.75) is 39.5 Å². The van der Waals surface area contributed by atoms with E-state index in [2.05, 4.69) is 25.6 Å². The fourth-order valence-corrected chi connectivity index (χ4v) is 3.12. The summed E-state index contributed by atoms with van der Waals surface area (Å²) in [4.78, 5) is 0. The van der Waals surface area contributed by atoms with E-state index in [1.807, 2.05) is 0 Å². The third-order valence-electron chi connectivity index (χ3n) is 3.05. The fourth-order valence-electron chi connectivity index (χ4n) is 1.76. The maximum atomic E-state index is 2.35. The van der Waals surface area contributed by atoms with Crippen LogP contribution in [-0.4, -0.2) is 11.5 Å². The quantitative estimate of drug-likeness (QED) is 0.594. The Hall–Kier alpha value is 0.350. The second-order valence-electron chi connectivity index (χ2n) is 3.32. The van der Waals surface area contributed by atoms with Crippen molar-refractivity contribution >= 4 is 11.8 Å². The molecular formula is C9H18S. The summed E-state index contributed by atoms with van der Waals surface area (Å²) in [6.07, 6.45) is 5.71. The molecule has 60 valence electrons. The van der Waals surface area contributed by atoms with E-state index in [1.54, 1.807) is 0 Å². The van der Waals surface area contributed by atoms with Gasteiger partial charge in [-0.25, -0.2) is 0 Å². The second kappa shape index (κ2) is 3.66. The third-order valence-corrected chi connectivity index (χ3v) is 4.04. The molecule has 1 saturated heterocycles. The Morgan fingerprint density at radius 2 is 1.60 bits per heavy atom. The van der Waals surface area contributed by atoms with E-state index in [-0.39, 0.29) is 0 Å². The van der Waals surface area contributed by atoms with Crippen molar-refractivity contribution in [2.75, 3.05) is 11.5 Å². The standard InChI is InChI=1S/C9H18S/c1-3-9(4-2)5-7-10-8-6-9/h3-8H2,1-2H3. The molecule has 1 rings (SSSR count). The lowest BCUT2D eigenvalue weighted by Crippen LogP contribution is -2.24. The molecule has 0 unspecified atom stereocenters. The minimum Gasteiger partial charge on any atom is -0.162 e. The molecule has 0 spiro atoms. The van der Waals surface area contributed by atoms with Gasteiger partial charge >= 0.3 is 0 Å². The zero-order valence-corrected chi connectivity index (χ0v) is 7.97. The lowest BCUT2D eigenvalue weighted by Gasteiger charge is -2.35. The Balaban J connectivity index is 2.44. The minimum absolute atomic E-state index is 0.741. The predicted molar refractivity (Wildman–Crippen MR) is 49.6 cm³/mol. The predicted octanol–water partition coefficient (Wildman–Crippen LogP) is 3.32. The molecule has 0 radical (unpaired) electrons. The smallest absolute Gasteiger partial charge is 0.00622 e. The molecule has 10 heavy (non-hydrogen) atoms. The van der Waals surface area contributed by atoms with Gasteiger partial charge in [-0.1, -0.05) is 26.7 Å². The normalized spacial score (nSPS) is 24.6. The first kappa shape index (κ1) is 8.45. The molecule has 1 heterocycles. The maximum Gasteiger partial charge on any atom is -0.00622 e. The molecule has 0 amide bonds. The van der Waals surface area contributed by atoms with Gasteiger partial charge in [-0.05, 0) is 29.8 Å². The lowest BCUT2D eigenvalue weighted by atomic mass is 9.77. The summed E-state index contributed by atoms with van der Waals surface area (Å²) in [6, 6.07) is 0. The first-order valence-electron chi connectivity index (χ1n) is 4.41. The summed E-state index contributed by atoms with van der Waals surface area (Å²) in [5, 5.41) is 0. The summed E-state index contributed by atoms with van der Waals surface area (Å²) >= 11 is 2.13. The van der Waals surface area contributed by atoms with Gasteiger partial charge in [0.25, 0.3) is 0 Å². The topological polar surface area (TPSA) is 0 Å². The van der Waals surface area contributed by atoms with Gasteiger partial charge in [0.1, 0.15) is 0 Å². The first-order valence-corrected chi connectivity index (χ1v) is 5.56. The molecule has 1 fully saturated rings. The van der Waals surface area contributed by atoms with Crippen molar-refractivity contribution in [3.63, 3.8) is 0 Å². The van der Waals surface area contributed by atoms with Gasteiger partial charge in [-0.2, -0.15) is 11.8 Å². The van der Waals surface area contributed by atoms with Crippen molar-refractivity contribution in [3.05, 3.63) is 0 Å². The Kier molecular flexibility index (Phi) is 3.09. The molecule has 1 heteroatoms. The van der Waals surface area contributed by atoms with Crippen LogP contribution in [0.3, 0.4) is 0 Å². The zero-order valence-electron chi connectivity index (χ0n) is 7.15. The highest BCUT2D eigenvalue weighted by Gasteiger charge is 2.27. The van der Waals surface area contributed by atoms with Crippen LogP contribution >= 0.6 is 11.8 Å². The number of rotatable bonds is 2. The van der Waals surface area contributed by atoms with Crippen molar-refractivity contribution in [3.8, 4) is 0 Å². The van der Waals surface area contributed by atoms with E-state index in [9.17, 15) is 0 Å². The molecule has 0 N–H and O–H groups in total. The first-order chi connectivity index (χ1) is 4.83. The third kappa shape index (κ3) is 1.69. The Bertz CT molecular complexity index is 86.9. The van der Waals surface area contributed by atoms with E-state index in [4.69, 9.17) is 0 Å². The molecule has 0 bridgehead atoms. The molecule has 0 saturated carbocycles. The molecular weight excluding hydrogens is 140 g/mol. The van der Waals surface area contributed by atoms with Crippen LogP contribution in [0.1, 0.15) is 39.5 Å². The van der Waals surface area contributed by atoms with Gasteiger partial charge in [-0.15, -0.1) is 0 Å². The van der Waals surface area contributed by atoms with E-state index in [0.717, 1.165) is 5.41 Å². The lowest BCUT2D eigenvalue weighted by molar-refractivity contribution is 0.239. The van der Waals surface area contributed by atoms with Crippen LogP contribution in [0.15, 0.2) is 0 Å². The average molecular weight is 158 g/mol. The van der Waals surface area contributed by atoms with Crippen LogP contribution in [0, 0.1) is 5.41 Å². The fraction of sp³-hybridized carbons (Fsp3) is 1.00. The van der Waals surface area contributed by atoms with Gasteiger partial charge in [0, 0.05) is 0 Å². The molecule has 0 aromatic heterocycles. The highest BCUT2D eigenvalue weighted by molar-refractivity contribution is 7.99. The highest BCUT2D eigenvalue weighted by Crippen LogP contribution is 2.40. The van der Waals surface area contributed by atoms with Crippen LogP contribution in [-0.2, 0) is 0 Å². The highest BCUT2D eigenvalue weighted by atomic mass is 32.2. The van der Waals surface area contributed by atoms with E-state index in [1.165, 1.54) is 37.2 Å². The molecule has 0 aromatic carbocycles. The van der Waals surface area contributed by atoms with Crippen molar-refractivity contribution < 1.29 is 0 Å². The van der Waals surface area contributed by atoms with Gasteiger partial charge in [0.05, 0.1) is 0 Å². The van der Waals surface area contributed by atoms with Gasteiger partial charge < -0.3 is 0 Å². The van der Waals surface area contributed by atoms with Crippen LogP contribution in [0.25, 0.3) is 0 Å². The number of hydrogen-bond acceptors (Lipinski definition) is 1. The molecule has 0 nitrogen and oxygen atoms in total. The SMILES string of the molecule is CCC1(CC)CCSCC1. The van der Waals surface area contributed by atoms with Crippen LogP contribution < -0.4 is 0 Å². The monoisotopic (exact) mass is 158 g/mol. The molecule has 0 atom stereocenters. The Morgan fingerprint density at radius 3 is 1.90 bits per heavy atom. The van der Waals surface area contributed by atoms with Crippen molar-refractivity contribution in [1.82, 2.24) is 0 Å². The number of hydrogen-bond donors (Lipinski definition) is 0. The summed E-state index contributed by atoms with van der Waals surface area (Å²) in [5.74, 6) is 2.81. The van der Waals surface area contributed by atoms with Gasteiger partial charge in [0.2, 0.25) is 0 Å². The molecule has 0 aliphatic carbocycles. The van der Waals surface area contributed by atoms with Gasteiger partial charge in [-0.3, -0.25) is 0 Å². The van der Waals surface area contributed by atoms with Crippen molar-refractivity contribution in [2.24, 2.45) is 5.41 Å². The van der Waals surface area contributed by atoms with Crippen LogP contribution in [0.4, 0.5) is 0 Å². The van der Waals surface area contributed by atoms with E-state index in [0.29, 0.717) is 0 Å². The second-order valence-corrected chi connectivity index (χ2v) is 4.54. The number of thioether (sulfide) groups is 1. The van der Waals surface area contributed by atoms with Crippen LogP contribution in [0.2, 0.25) is 0 Å². The van der Waals surface area contributed by atoms with Crippen molar-refractivity contribution in [1.29, 1.82) is 0 Å². The Morgan fingerprint density at radius 1 is 1.10 bits per heavy atom. The van der Waals surface area contributed by atoms with E-state index >= 15 is 0 Å². The molecule has 1 aliphatic heterocycles.